The fraction of sp³-hybridized carbons (Fsp3) is 0.200. The Balaban J connectivity index is 1.94. The SMILES string of the molecule is C/C(=N\NC(=O)Cc1ccc([N+](=O)[O-])cc1)c1ccc(C)o1. The van der Waals surface area contributed by atoms with Crippen molar-refractivity contribution >= 4 is 17.3 Å². The van der Waals surface area contributed by atoms with Crippen LogP contribution < -0.4 is 5.43 Å². The molecule has 1 aromatic carbocycles. The standard InChI is InChI=1S/C15H15N3O4/c1-10-3-8-14(22-10)11(2)16-17-15(19)9-12-4-6-13(7-5-12)18(20)21/h3-8H,9H2,1-2H3,(H,17,19)/b16-11+. The summed E-state index contributed by atoms with van der Waals surface area (Å²) in [4.78, 5) is 21.9. The van der Waals surface area contributed by atoms with Gasteiger partial charge >= 0.3 is 0 Å². The van der Waals surface area contributed by atoms with Gasteiger partial charge in [-0.05, 0) is 31.5 Å². The van der Waals surface area contributed by atoms with Gasteiger partial charge in [0.25, 0.3) is 5.69 Å². The number of benzene rings is 1. The van der Waals surface area contributed by atoms with E-state index < -0.39 is 4.92 Å². The van der Waals surface area contributed by atoms with Crippen LogP contribution in [0, 0.1) is 17.0 Å². The highest BCUT2D eigenvalue weighted by Crippen LogP contribution is 2.12. The molecule has 2 aromatic rings. The van der Waals surface area contributed by atoms with Gasteiger partial charge in [-0.1, -0.05) is 12.1 Å². The van der Waals surface area contributed by atoms with Gasteiger partial charge in [-0.2, -0.15) is 5.10 Å². The van der Waals surface area contributed by atoms with Crippen LogP contribution in [0.25, 0.3) is 0 Å². The van der Waals surface area contributed by atoms with Gasteiger partial charge in [0.05, 0.1) is 11.3 Å². The van der Waals surface area contributed by atoms with Crippen LogP contribution in [0.15, 0.2) is 45.9 Å². The third kappa shape index (κ3) is 4.02. The molecule has 1 aromatic heterocycles. The molecule has 0 fully saturated rings. The number of hydrogen-bond donors (Lipinski definition) is 1. The number of nitro groups is 1. The number of amides is 1. The monoisotopic (exact) mass is 301 g/mol. The molecular formula is C15H15N3O4. The summed E-state index contributed by atoms with van der Waals surface area (Å²) in [6, 6.07) is 9.41. The maximum atomic E-state index is 11.8. The molecule has 0 radical (unpaired) electrons. The number of nitro benzene ring substituents is 1. The smallest absolute Gasteiger partial charge is 0.269 e. The maximum Gasteiger partial charge on any atom is 0.269 e. The van der Waals surface area contributed by atoms with Crippen LogP contribution in [-0.2, 0) is 11.2 Å². The second kappa shape index (κ2) is 6.66. The quantitative estimate of drug-likeness (QED) is 0.521. The third-order valence-corrected chi connectivity index (χ3v) is 2.96. The molecule has 0 aliphatic heterocycles. The van der Waals surface area contributed by atoms with Crippen molar-refractivity contribution in [2.75, 3.05) is 0 Å². The molecule has 0 atom stereocenters. The van der Waals surface area contributed by atoms with Gasteiger partial charge in [0.1, 0.15) is 17.2 Å². The van der Waals surface area contributed by atoms with Crippen molar-refractivity contribution in [1.29, 1.82) is 0 Å². The number of rotatable bonds is 5. The summed E-state index contributed by atoms with van der Waals surface area (Å²) < 4.78 is 5.39. The molecule has 0 spiro atoms. The van der Waals surface area contributed by atoms with Crippen molar-refractivity contribution in [3.05, 3.63) is 63.6 Å². The lowest BCUT2D eigenvalue weighted by atomic mass is 10.1. The van der Waals surface area contributed by atoms with Crippen LogP contribution in [0.1, 0.15) is 24.0 Å². The number of aryl methyl sites for hydroxylation is 1. The zero-order valence-electron chi connectivity index (χ0n) is 12.2. The molecule has 7 heteroatoms. The van der Waals surface area contributed by atoms with Crippen LogP contribution in [0.5, 0.6) is 0 Å². The largest absolute Gasteiger partial charge is 0.460 e. The highest BCUT2D eigenvalue weighted by Gasteiger charge is 2.08. The zero-order chi connectivity index (χ0) is 16.1. The summed E-state index contributed by atoms with van der Waals surface area (Å²) in [6.07, 6.45) is 0.0892. The minimum absolute atomic E-state index is 0.00814. The number of carbonyl (C=O) groups excluding carboxylic acids is 1. The molecule has 0 unspecified atom stereocenters. The average Bonchev–Trinajstić information content (AvgIpc) is 2.92. The highest BCUT2D eigenvalue weighted by atomic mass is 16.6. The molecule has 0 aliphatic rings. The Morgan fingerprint density at radius 3 is 2.50 bits per heavy atom. The first-order chi connectivity index (χ1) is 10.5. The first-order valence-electron chi connectivity index (χ1n) is 6.59. The second-order valence-corrected chi connectivity index (χ2v) is 4.74. The molecule has 1 N–H and O–H groups in total. The Bertz CT molecular complexity index is 717. The third-order valence-electron chi connectivity index (χ3n) is 2.96. The average molecular weight is 301 g/mol. The fourth-order valence-electron chi connectivity index (χ4n) is 1.79. The summed E-state index contributed by atoms with van der Waals surface area (Å²) in [5.74, 6) is 1.05. The lowest BCUT2D eigenvalue weighted by Gasteiger charge is -2.02. The second-order valence-electron chi connectivity index (χ2n) is 4.74. The number of hydrogen-bond acceptors (Lipinski definition) is 5. The molecule has 0 saturated carbocycles. The van der Waals surface area contributed by atoms with E-state index in [9.17, 15) is 14.9 Å². The van der Waals surface area contributed by atoms with Crippen molar-refractivity contribution in [3.63, 3.8) is 0 Å². The Hall–Kier alpha value is -2.96. The molecule has 114 valence electrons. The predicted molar refractivity (Wildman–Crippen MR) is 80.6 cm³/mol. The van der Waals surface area contributed by atoms with Crippen molar-refractivity contribution < 1.29 is 14.1 Å². The van der Waals surface area contributed by atoms with E-state index in [1.165, 1.54) is 12.1 Å². The van der Waals surface area contributed by atoms with E-state index in [2.05, 4.69) is 10.5 Å². The Kier molecular flexibility index (Phi) is 4.67. The number of nitrogens with one attached hydrogen (secondary N) is 1. The van der Waals surface area contributed by atoms with E-state index in [-0.39, 0.29) is 18.0 Å². The van der Waals surface area contributed by atoms with E-state index in [1.54, 1.807) is 25.1 Å². The van der Waals surface area contributed by atoms with Gasteiger partial charge < -0.3 is 4.42 Å². The molecule has 2 rings (SSSR count). The first-order valence-corrected chi connectivity index (χ1v) is 6.59. The summed E-state index contributed by atoms with van der Waals surface area (Å²) in [5.41, 5.74) is 3.65. The predicted octanol–water partition coefficient (Wildman–Crippen LogP) is 2.58. The normalized spacial score (nSPS) is 11.3. The molecular weight excluding hydrogens is 286 g/mol. The van der Waals surface area contributed by atoms with Gasteiger partial charge in [-0.3, -0.25) is 14.9 Å². The Morgan fingerprint density at radius 2 is 1.95 bits per heavy atom. The number of carbonyl (C=O) groups is 1. The lowest BCUT2D eigenvalue weighted by Crippen LogP contribution is -2.21. The highest BCUT2D eigenvalue weighted by molar-refractivity contribution is 5.96. The minimum Gasteiger partial charge on any atom is -0.460 e. The molecule has 0 aliphatic carbocycles. The number of non-ortho nitro benzene ring substituents is 1. The van der Waals surface area contributed by atoms with E-state index in [0.717, 1.165) is 5.76 Å². The first kappa shape index (κ1) is 15.4. The van der Waals surface area contributed by atoms with Gasteiger partial charge in [-0.15, -0.1) is 0 Å². The van der Waals surface area contributed by atoms with Gasteiger partial charge in [0.15, 0.2) is 0 Å². The van der Waals surface area contributed by atoms with Gasteiger partial charge in [-0.25, -0.2) is 5.43 Å². The topological polar surface area (TPSA) is 97.7 Å². The molecule has 22 heavy (non-hydrogen) atoms. The maximum absolute atomic E-state index is 11.8. The fourth-order valence-corrected chi connectivity index (χ4v) is 1.79. The van der Waals surface area contributed by atoms with Gasteiger partial charge in [0, 0.05) is 12.1 Å². The van der Waals surface area contributed by atoms with Crippen LogP contribution in [0.2, 0.25) is 0 Å². The van der Waals surface area contributed by atoms with Crippen molar-refractivity contribution in [2.45, 2.75) is 20.3 Å². The van der Waals surface area contributed by atoms with E-state index in [0.29, 0.717) is 17.0 Å². The molecule has 0 saturated heterocycles. The van der Waals surface area contributed by atoms with Crippen LogP contribution in [0.3, 0.4) is 0 Å². The molecule has 7 nitrogen and oxygen atoms in total. The summed E-state index contributed by atoms with van der Waals surface area (Å²) in [5, 5.41) is 14.5. The van der Waals surface area contributed by atoms with Crippen LogP contribution in [-0.4, -0.2) is 16.5 Å². The molecule has 1 heterocycles. The molecule has 0 bridgehead atoms. The Labute approximate surface area is 126 Å². The minimum atomic E-state index is -0.483. The summed E-state index contributed by atoms with van der Waals surface area (Å²) in [6.45, 7) is 3.55. The van der Waals surface area contributed by atoms with Crippen molar-refractivity contribution in [3.8, 4) is 0 Å². The molecule has 1 amide bonds. The Morgan fingerprint density at radius 1 is 1.27 bits per heavy atom. The van der Waals surface area contributed by atoms with E-state index in [1.807, 2.05) is 13.0 Å². The zero-order valence-corrected chi connectivity index (χ0v) is 12.2. The number of nitrogens with zero attached hydrogens (tertiary/aromatic N) is 2. The van der Waals surface area contributed by atoms with Gasteiger partial charge in [0.2, 0.25) is 5.91 Å². The number of hydrazone groups is 1. The van der Waals surface area contributed by atoms with Crippen LogP contribution >= 0.6 is 0 Å². The van der Waals surface area contributed by atoms with Crippen molar-refractivity contribution in [1.82, 2.24) is 5.43 Å². The lowest BCUT2D eigenvalue weighted by molar-refractivity contribution is -0.384. The summed E-state index contributed by atoms with van der Waals surface area (Å²) in [7, 11) is 0. The van der Waals surface area contributed by atoms with E-state index >= 15 is 0 Å². The van der Waals surface area contributed by atoms with Crippen molar-refractivity contribution in [2.24, 2.45) is 5.10 Å². The van der Waals surface area contributed by atoms with Crippen LogP contribution in [0.4, 0.5) is 5.69 Å². The summed E-state index contributed by atoms with van der Waals surface area (Å²) >= 11 is 0. The van der Waals surface area contributed by atoms with E-state index in [4.69, 9.17) is 4.42 Å². The number of furan rings is 1.